The van der Waals surface area contributed by atoms with Crippen molar-refractivity contribution in [2.24, 2.45) is 0 Å². The maximum Gasteiger partial charge on any atom is 0.242 e. The average molecular weight is 548 g/mol. The molecule has 0 aliphatic carbocycles. The van der Waals surface area contributed by atoms with E-state index in [9.17, 15) is 14.4 Å². The number of ether oxygens (including phenoxy) is 1. The Morgan fingerprint density at radius 1 is 1.10 bits per heavy atom. The van der Waals surface area contributed by atoms with Crippen LogP contribution in [0.4, 0.5) is 10.1 Å². The highest BCUT2D eigenvalue weighted by Gasteiger charge is 2.25. The smallest absolute Gasteiger partial charge is 0.242 e. The molecule has 2 aromatic rings. The number of likely N-dealkylation sites (N-methyl/N-ethyl adjacent to an activating group) is 1. The SMILES string of the molecule is [B]C([B])NCC(C)OC(C)Cc1cccc(CNc2cccc(C)c2CN(C=O)C(CCC=O)C(=O)NC)c1F. The zero-order valence-electron chi connectivity index (χ0n) is 23.8. The standard InChI is InChI=1S/C29H39B2FN4O4/c1-19-8-5-11-25(24(19)17-36(18-38)26(12-7-13-37)28(39)33-4)34-16-23-10-6-9-22(27(23)32)14-20(2)40-21(3)15-35-29(30)31/h5-6,8-11,13,18,20-21,26,29,34-35H,7,12,14-17H2,1-4H3,(H,33,39). The van der Waals surface area contributed by atoms with Gasteiger partial charge in [0.2, 0.25) is 12.3 Å². The third-order valence-corrected chi connectivity index (χ3v) is 6.63. The Bertz CT molecular complexity index is 1120. The summed E-state index contributed by atoms with van der Waals surface area (Å²) in [5.74, 6) is -1.28. The van der Waals surface area contributed by atoms with Gasteiger partial charge in [0.05, 0.1) is 27.9 Å². The average Bonchev–Trinajstić information content (AvgIpc) is 2.92. The van der Waals surface area contributed by atoms with E-state index in [1.165, 1.54) is 11.9 Å². The van der Waals surface area contributed by atoms with Crippen LogP contribution in [0.1, 0.15) is 48.9 Å². The van der Waals surface area contributed by atoms with E-state index in [4.69, 9.17) is 20.4 Å². The lowest BCUT2D eigenvalue weighted by Crippen LogP contribution is -2.45. The number of hydrogen-bond acceptors (Lipinski definition) is 6. The van der Waals surface area contributed by atoms with Crippen LogP contribution in [-0.4, -0.2) is 76.9 Å². The molecule has 0 spiro atoms. The van der Waals surface area contributed by atoms with Crippen molar-refractivity contribution >= 4 is 40.0 Å². The molecule has 0 aromatic heterocycles. The molecule has 8 nitrogen and oxygen atoms in total. The molecule has 2 aromatic carbocycles. The summed E-state index contributed by atoms with van der Waals surface area (Å²) in [7, 11) is 12.5. The van der Waals surface area contributed by atoms with E-state index >= 15 is 4.39 Å². The van der Waals surface area contributed by atoms with Gasteiger partial charge in [-0.25, -0.2) is 4.39 Å². The van der Waals surface area contributed by atoms with Crippen LogP contribution in [0.5, 0.6) is 0 Å². The number of halogens is 1. The Labute approximate surface area is 239 Å². The highest BCUT2D eigenvalue weighted by molar-refractivity contribution is 6.35. The molecule has 212 valence electrons. The van der Waals surface area contributed by atoms with Crippen LogP contribution < -0.4 is 16.0 Å². The number of carbonyl (C=O) groups is 3. The van der Waals surface area contributed by atoms with Gasteiger partial charge in [-0.05, 0) is 49.9 Å². The third-order valence-electron chi connectivity index (χ3n) is 6.63. The van der Waals surface area contributed by atoms with E-state index in [0.717, 1.165) is 23.1 Å². The minimum atomic E-state index is -0.788. The van der Waals surface area contributed by atoms with Crippen LogP contribution in [0.25, 0.3) is 0 Å². The lowest BCUT2D eigenvalue weighted by Gasteiger charge is -2.28. The van der Waals surface area contributed by atoms with Gasteiger partial charge in [-0.1, -0.05) is 36.2 Å². The summed E-state index contributed by atoms with van der Waals surface area (Å²) in [5.41, 5.74) is 3.46. The second-order valence-corrected chi connectivity index (χ2v) is 9.89. The number of aryl methyl sites for hydroxylation is 1. The Morgan fingerprint density at radius 2 is 1.80 bits per heavy atom. The Hall–Kier alpha value is -3.17. The molecule has 0 heterocycles. The van der Waals surface area contributed by atoms with Gasteiger partial charge >= 0.3 is 0 Å². The molecule has 0 saturated heterocycles. The molecule has 2 rings (SSSR count). The van der Waals surface area contributed by atoms with E-state index in [1.807, 2.05) is 45.0 Å². The van der Waals surface area contributed by atoms with E-state index in [0.29, 0.717) is 30.5 Å². The first-order valence-corrected chi connectivity index (χ1v) is 13.5. The first-order valence-electron chi connectivity index (χ1n) is 13.5. The van der Waals surface area contributed by atoms with E-state index in [2.05, 4.69) is 16.0 Å². The molecule has 11 heteroatoms. The van der Waals surface area contributed by atoms with Gasteiger partial charge in [0.25, 0.3) is 0 Å². The number of nitrogens with zero attached hydrogens (tertiary/aromatic N) is 1. The quantitative estimate of drug-likeness (QED) is 0.196. The first kappa shape index (κ1) is 33.0. The maximum atomic E-state index is 15.5. The molecule has 0 aliphatic heterocycles. The summed E-state index contributed by atoms with van der Waals surface area (Å²) in [6, 6.07) is 10.1. The van der Waals surface area contributed by atoms with Gasteiger partial charge in [-0.3, -0.25) is 9.59 Å². The fourth-order valence-corrected chi connectivity index (χ4v) is 4.54. The van der Waals surface area contributed by atoms with Crippen LogP contribution in [-0.2, 0) is 38.6 Å². The van der Waals surface area contributed by atoms with Crippen molar-refractivity contribution in [1.29, 1.82) is 0 Å². The minimum Gasteiger partial charge on any atom is -0.381 e. The second kappa shape index (κ2) is 16.8. The highest BCUT2D eigenvalue weighted by Crippen LogP contribution is 2.25. The zero-order valence-corrected chi connectivity index (χ0v) is 23.8. The van der Waals surface area contributed by atoms with Crippen molar-refractivity contribution in [1.82, 2.24) is 15.5 Å². The van der Waals surface area contributed by atoms with Crippen LogP contribution in [0.15, 0.2) is 36.4 Å². The number of anilines is 1. The fraction of sp³-hybridized carbons (Fsp3) is 0.483. The van der Waals surface area contributed by atoms with Crippen LogP contribution in [0, 0.1) is 12.7 Å². The monoisotopic (exact) mass is 548 g/mol. The fourth-order valence-electron chi connectivity index (χ4n) is 4.54. The van der Waals surface area contributed by atoms with Gasteiger partial charge in [-0.2, -0.15) is 0 Å². The van der Waals surface area contributed by atoms with Gasteiger partial charge in [-0.15, -0.1) is 0 Å². The van der Waals surface area contributed by atoms with Gasteiger partial charge in [0.15, 0.2) is 0 Å². The maximum absolute atomic E-state index is 15.5. The lowest BCUT2D eigenvalue weighted by atomic mass is 9.79. The Kier molecular flexibility index (Phi) is 13.9. The van der Waals surface area contributed by atoms with E-state index in [-0.39, 0.29) is 49.9 Å². The first-order chi connectivity index (χ1) is 19.1. The summed E-state index contributed by atoms with van der Waals surface area (Å²) in [5, 5.41) is 8.77. The number of aldehydes is 1. The zero-order chi connectivity index (χ0) is 29.7. The van der Waals surface area contributed by atoms with Gasteiger partial charge in [0.1, 0.15) is 18.1 Å². The summed E-state index contributed by atoms with van der Waals surface area (Å²) in [6.45, 7) is 6.54. The molecule has 40 heavy (non-hydrogen) atoms. The number of carbonyl (C=O) groups excluding carboxylic acids is 3. The Morgan fingerprint density at radius 3 is 2.45 bits per heavy atom. The summed E-state index contributed by atoms with van der Waals surface area (Å²) in [4.78, 5) is 36.8. The highest BCUT2D eigenvalue weighted by atomic mass is 19.1. The number of benzene rings is 2. The number of rotatable bonds is 18. The summed E-state index contributed by atoms with van der Waals surface area (Å²) < 4.78 is 21.4. The van der Waals surface area contributed by atoms with Gasteiger partial charge < -0.3 is 30.4 Å². The molecular formula is C29H39B2FN4O4. The number of hydrogen-bond donors (Lipinski definition) is 3. The molecule has 0 saturated carbocycles. The van der Waals surface area contributed by atoms with Crippen molar-refractivity contribution < 1.29 is 23.5 Å². The molecule has 0 fully saturated rings. The molecule has 3 N–H and O–H groups in total. The van der Waals surface area contributed by atoms with Crippen molar-refractivity contribution in [3.05, 3.63) is 64.5 Å². The topological polar surface area (TPSA) is 99.8 Å². The Balaban J connectivity index is 2.16. The number of amides is 2. The largest absolute Gasteiger partial charge is 0.381 e. The predicted octanol–water partition coefficient (Wildman–Crippen LogP) is 2.34. The summed E-state index contributed by atoms with van der Waals surface area (Å²) >= 11 is 0. The third kappa shape index (κ3) is 10.1. The second-order valence-electron chi connectivity index (χ2n) is 9.89. The molecule has 0 aliphatic rings. The van der Waals surface area contributed by atoms with Crippen LogP contribution in [0.3, 0.4) is 0 Å². The summed E-state index contributed by atoms with van der Waals surface area (Å²) in [6.07, 6.45) is 1.73. The molecule has 3 unspecified atom stereocenters. The molecule has 0 bridgehead atoms. The van der Waals surface area contributed by atoms with Crippen LogP contribution >= 0.6 is 0 Å². The van der Waals surface area contributed by atoms with Crippen molar-refractivity contribution in [2.45, 2.75) is 77.2 Å². The van der Waals surface area contributed by atoms with Crippen molar-refractivity contribution in [3.8, 4) is 0 Å². The minimum absolute atomic E-state index is 0.148. The normalized spacial score (nSPS) is 13.3. The molecule has 3 atom stereocenters. The van der Waals surface area contributed by atoms with Crippen LogP contribution in [0.2, 0.25) is 0 Å². The molecule has 4 radical (unpaired) electrons. The van der Waals surface area contributed by atoms with Crippen molar-refractivity contribution in [3.63, 3.8) is 0 Å². The van der Waals surface area contributed by atoms with E-state index < -0.39 is 11.9 Å². The molecule has 2 amide bonds. The lowest BCUT2D eigenvalue weighted by molar-refractivity contribution is -0.133. The van der Waals surface area contributed by atoms with Gasteiger partial charge in [0, 0.05) is 50.8 Å². The van der Waals surface area contributed by atoms with Crippen molar-refractivity contribution in [2.75, 3.05) is 18.9 Å². The predicted molar refractivity (Wildman–Crippen MR) is 157 cm³/mol. The number of nitrogens with one attached hydrogen (secondary N) is 3. The van der Waals surface area contributed by atoms with E-state index in [1.54, 1.807) is 12.1 Å². The molecular weight excluding hydrogens is 509 g/mol.